The molecule has 10 heteroatoms. The normalized spacial score (nSPS) is 19.4. The van der Waals surface area contributed by atoms with E-state index >= 15 is 0 Å². The third-order valence-electron chi connectivity index (χ3n) is 5.03. The first kappa shape index (κ1) is 26.5. The van der Waals surface area contributed by atoms with E-state index in [9.17, 15) is 12.8 Å². The minimum atomic E-state index is -3.51. The summed E-state index contributed by atoms with van der Waals surface area (Å²) in [6.45, 7) is 6.27. The first-order valence-electron chi connectivity index (χ1n) is 10.3. The molecule has 0 aromatic heterocycles. The maximum Gasteiger partial charge on any atom is 0.240 e. The SMILES string of the molecule is CCNC(=NCc1cccc(S(=O)(=O)NC)c1)N1CC(C)OC(c2ccc(F)cc2)C1.I. The molecule has 2 N–H and O–H groups in total. The van der Waals surface area contributed by atoms with Crippen LogP contribution in [-0.4, -0.2) is 52.1 Å². The van der Waals surface area contributed by atoms with Gasteiger partial charge in [-0.05, 0) is 56.3 Å². The zero-order valence-electron chi connectivity index (χ0n) is 18.4. The number of rotatable bonds is 6. The van der Waals surface area contributed by atoms with Gasteiger partial charge in [0.05, 0.1) is 24.1 Å². The second-order valence-corrected chi connectivity index (χ2v) is 9.30. The van der Waals surface area contributed by atoms with Crippen LogP contribution in [-0.2, 0) is 21.3 Å². The van der Waals surface area contributed by atoms with Gasteiger partial charge in [-0.3, -0.25) is 0 Å². The topological polar surface area (TPSA) is 83.0 Å². The molecular formula is C22H30FIN4O3S. The molecule has 0 aliphatic carbocycles. The number of hydrogen-bond acceptors (Lipinski definition) is 4. The summed E-state index contributed by atoms with van der Waals surface area (Å²) in [7, 11) is -2.12. The van der Waals surface area contributed by atoms with Gasteiger partial charge in [-0.15, -0.1) is 24.0 Å². The average molecular weight is 576 g/mol. The lowest BCUT2D eigenvalue weighted by Gasteiger charge is -2.38. The van der Waals surface area contributed by atoms with Crippen molar-refractivity contribution in [3.8, 4) is 0 Å². The zero-order valence-corrected chi connectivity index (χ0v) is 21.6. The molecule has 32 heavy (non-hydrogen) atoms. The standard InChI is InChI=1S/C22H29FN4O3S.HI/c1-4-25-22(26-13-17-6-5-7-20(12-17)31(28,29)24-3)27-14-16(2)30-21(15-27)18-8-10-19(23)11-9-18;/h5-12,16,21,24H,4,13-15H2,1-3H3,(H,25,26);1H. The summed E-state index contributed by atoms with van der Waals surface area (Å²) in [5.74, 6) is 0.452. The Morgan fingerprint density at radius 1 is 1.22 bits per heavy atom. The highest BCUT2D eigenvalue weighted by Gasteiger charge is 2.28. The number of nitrogens with zero attached hydrogens (tertiary/aromatic N) is 2. The van der Waals surface area contributed by atoms with Gasteiger partial charge >= 0.3 is 0 Å². The van der Waals surface area contributed by atoms with E-state index in [-0.39, 0.29) is 46.9 Å². The van der Waals surface area contributed by atoms with Crippen LogP contribution in [0.15, 0.2) is 58.4 Å². The second kappa shape index (κ2) is 11.9. The van der Waals surface area contributed by atoms with Gasteiger partial charge in [0, 0.05) is 13.1 Å². The number of aliphatic imine (C=N–C) groups is 1. The molecule has 1 aliphatic heterocycles. The Morgan fingerprint density at radius 3 is 2.59 bits per heavy atom. The number of guanidine groups is 1. The lowest BCUT2D eigenvalue weighted by molar-refractivity contribution is -0.0605. The average Bonchev–Trinajstić information content (AvgIpc) is 2.77. The van der Waals surface area contributed by atoms with Crippen LogP contribution < -0.4 is 10.0 Å². The Kier molecular flexibility index (Phi) is 9.86. The maximum atomic E-state index is 13.3. The van der Waals surface area contributed by atoms with Crippen molar-refractivity contribution in [1.29, 1.82) is 0 Å². The predicted octanol–water partition coefficient (Wildman–Crippen LogP) is 3.28. The third-order valence-corrected chi connectivity index (χ3v) is 6.44. The van der Waals surface area contributed by atoms with Gasteiger partial charge in [0.15, 0.2) is 5.96 Å². The Morgan fingerprint density at radius 2 is 1.94 bits per heavy atom. The smallest absolute Gasteiger partial charge is 0.240 e. The molecule has 0 bridgehead atoms. The van der Waals surface area contributed by atoms with E-state index in [0.29, 0.717) is 26.2 Å². The van der Waals surface area contributed by atoms with Crippen molar-refractivity contribution in [2.24, 2.45) is 4.99 Å². The molecule has 1 heterocycles. The summed E-state index contributed by atoms with van der Waals surface area (Å²) in [6.07, 6.45) is -0.228. The number of sulfonamides is 1. The van der Waals surface area contributed by atoms with Gasteiger partial charge in [-0.1, -0.05) is 24.3 Å². The number of benzene rings is 2. The minimum absolute atomic E-state index is 0. The first-order chi connectivity index (χ1) is 14.8. The monoisotopic (exact) mass is 576 g/mol. The largest absolute Gasteiger partial charge is 0.367 e. The van der Waals surface area contributed by atoms with Crippen LogP contribution in [0.5, 0.6) is 0 Å². The van der Waals surface area contributed by atoms with Gasteiger partial charge < -0.3 is 15.0 Å². The Balaban J connectivity index is 0.00000363. The molecule has 1 fully saturated rings. The molecule has 7 nitrogen and oxygen atoms in total. The summed E-state index contributed by atoms with van der Waals surface area (Å²) in [6, 6.07) is 13.1. The third kappa shape index (κ3) is 6.87. The first-order valence-corrected chi connectivity index (χ1v) is 11.8. The Bertz CT molecular complexity index is 1020. The van der Waals surface area contributed by atoms with Crippen LogP contribution in [0.25, 0.3) is 0 Å². The van der Waals surface area contributed by atoms with Crippen molar-refractivity contribution in [2.75, 3.05) is 26.7 Å². The number of ether oxygens (including phenoxy) is 1. The van der Waals surface area contributed by atoms with Crippen LogP contribution in [0, 0.1) is 5.82 Å². The van der Waals surface area contributed by atoms with E-state index in [1.807, 2.05) is 19.9 Å². The molecule has 2 unspecified atom stereocenters. The molecule has 1 aliphatic rings. The Labute approximate surface area is 206 Å². The summed E-state index contributed by atoms with van der Waals surface area (Å²) in [5.41, 5.74) is 1.71. The lowest BCUT2D eigenvalue weighted by Crippen LogP contribution is -2.50. The number of nitrogens with one attached hydrogen (secondary N) is 2. The molecule has 2 aromatic rings. The summed E-state index contributed by atoms with van der Waals surface area (Å²) < 4.78 is 45.8. The van der Waals surface area contributed by atoms with Gasteiger partial charge in [-0.25, -0.2) is 22.5 Å². The van der Waals surface area contributed by atoms with Crippen LogP contribution in [0.3, 0.4) is 0 Å². The second-order valence-electron chi connectivity index (χ2n) is 7.42. The van der Waals surface area contributed by atoms with Crippen molar-refractivity contribution < 1.29 is 17.5 Å². The summed E-state index contributed by atoms with van der Waals surface area (Å²) >= 11 is 0. The molecule has 2 aromatic carbocycles. The number of halogens is 2. The predicted molar refractivity (Wildman–Crippen MR) is 134 cm³/mol. The highest BCUT2D eigenvalue weighted by molar-refractivity contribution is 14.0. The van der Waals surface area contributed by atoms with E-state index in [0.717, 1.165) is 17.1 Å². The number of morpholine rings is 1. The molecule has 0 saturated carbocycles. The van der Waals surface area contributed by atoms with Crippen LogP contribution in [0.2, 0.25) is 0 Å². The summed E-state index contributed by atoms with van der Waals surface area (Å²) in [5, 5.41) is 3.31. The van der Waals surface area contributed by atoms with Gasteiger partial charge in [0.2, 0.25) is 10.0 Å². The van der Waals surface area contributed by atoms with E-state index in [2.05, 4.69) is 14.9 Å². The fourth-order valence-electron chi connectivity index (χ4n) is 3.51. The van der Waals surface area contributed by atoms with Gasteiger partial charge in [0.25, 0.3) is 0 Å². The van der Waals surface area contributed by atoms with Crippen molar-refractivity contribution in [1.82, 2.24) is 14.9 Å². The van der Waals surface area contributed by atoms with Crippen molar-refractivity contribution >= 4 is 40.0 Å². The van der Waals surface area contributed by atoms with Crippen molar-refractivity contribution in [3.05, 3.63) is 65.5 Å². The fraction of sp³-hybridized carbons (Fsp3) is 0.409. The summed E-state index contributed by atoms with van der Waals surface area (Å²) in [4.78, 5) is 7.07. The highest BCUT2D eigenvalue weighted by Crippen LogP contribution is 2.25. The minimum Gasteiger partial charge on any atom is -0.367 e. The van der Waals surface area contributed by atoms with E-state index < -0.39 is 10.0 Å². The van der Waals surface area contributed by atoms with Crippen LogP contribution in [0.4, 0.5) is 4.39 Å². The molecule has 176 valence electrons. The van der Waals surface area contributed by atoms with Crippen molar-refractivity contribution in [3.63, 3.8) is 0 Å². The van der Waals surface area contributed by atoms with E-state index in [1.165, 1.54) is 19.2 Å². The maximum absolute atomic E-state index is 13.3. The molecule has 1 saturated heterocycles. The quantitative estimate of drug-likeness (QED) is 0.314. The number of hydrogen-bond donors (Lipinski definition) is 2. The molecule has 0 radical (unpaired) electrons. The van der Waals surface area contributed by atoms with E-state index in [1.54, 1.807) is 30.3 Å². The fourth-order valence-corrected chi connectivity index (χ4v) is 4.31. The van der Waals surface area contributed by atoms with Crippen molar-refractivity contribution in [2.45, 2.75) is 37.5 Å². The Hall–Kier alpha value is -1.76. The molecule has 0 amide bonds. The zero-order chi connectivity index (χ0) is 22.4. The molecule has 0 spiro atoms. The van der Waals surface area contributed by atoms with Crippen LogP contribution >= 0.6 is 24.0 Å². The molecular weight excluding hydrogens is 546 g/mol. The van der Waals surface area contributed by atoms with Crippen LogP contribution in [0.1, 0.15) is 31.1 Å². The van der Waals surface area contributed by atoms with E-state index in [4.69, 9.17) is 9.73 Å². The molecule has 2 atom stereocenters. The highest BCUT2D eigenvalue weighted by atomic mass is 127. The van der Waals surface area contributed by atoms with Gasteiger partial charge in [-0.2, -0.15) is 0 Å². The molecule has 3 rings (SSSR count). The van der Waals surface area contributed by atoms with Gasteiger partial charge in [0.1, 0.15) is 11.9 Å². The lowest BCUT2D eigenvalue weighted by atomic mass is 10.1.